The van der Waals surface area contributed by atoms with Crippen LogP contribution in [0.15, 0.2) is 5.16 Å². The second-order valence-corrected chi connectivity index (χ2v) is 6.49. The predicted octanol–water partition coefficient (Wildman–Crippen LogP) is 0.631. The third kappa shape index (κ3) is 5.33. The molecule has 21 heavy (non-hydrogen) atoms. The van der Waals surface area contributed by atoms with E-state index in [-0.39, 0.29) is 23.2 Å². The van der Waals surface area contributed by atoms with E-state index in [0.717, 1.165) is 6.42 Å². The molecule has 0 aliphatic heterocycles. The van der Waals surface area contributed by atoms with E-state index < -0.39 is 5.97 Å². The molecule has 1 heterocycles. The van der Waals surface area contributed by atoms with E-state index in [2.05, 4.69) is 25.6 Å². The van der Waals surface area contributed by atoms with E-state index in [0.29, 0.717) is 5.16 Å². The van der Waals surface area contributed by atoms with E-state index in [1.165, 1.54) is 23.6 Å². The van der Waals surface area contributed by atoms with Crippen molar-refractivity contribution in [3.8, 4) is 0 Å². The van der Waals surface area contributed by atoms with Gasteiger partial charge in [-0.1, -0.05) is 18.7 Å². The molecule has 8 nitrogen and oxygen atoms in total. The molecule has 0 radical (unpaired) electrons. The maximum atomic E-state index is 12.1. The molecule has 0 aromatic carbocycles. The summed E-state index contributed by atoms with van der Waals surface area (Å²) < 4.78 is 5.88. The Hall–Kier alpha value is -1.64. The third-order valence-corrected chi connectivity index (χ3v) is 4.07. The Kier molecular flexibility index (Phi) is 6.13. The molecular formula is C12H21N5O3S. The zero-order valence-electron chi connectivity index (χ0n) is 12.9. The minimum Gasteiger partial charge on any atom is -0.468 e. The van der Waals surface area contributed by atoms with Crippen molar-refractivity contribution in [2.75, 3.05) is 7.11 Å². The van der Waals surface area contributed by atoms with Gasteiger partial charge in [0, 0.05) is 5.54 Å². The van der Waals surface area contributed by atoms with Gasteiger partial charge in [-0.3, -0.25) is 9.59 Å². The second kappa shape index (κ2) is 7.39. The van der Waals surface area contributed by atoms with Gasteiger partial charge in [0.2, 0.25) is 11.1 Å². The van der Waals surface area contributed by atoms with Gasteiger partial charge in [0.25, 0.3) is 0 Å². The normalized spacial score (nSPS) is 12.8. The van der Waals surface area contributed by atoms with Gasteiger partial charge < -0.3 is 10.1 Å². The van der Waals surface area contributed by atoms with Gasteiger partial charge in [0.1, 0.15) is 6.54 Å². The van der Waals surface area contributed by atoms with Crippen molar-refractivity contribution in [3.63, 3.8) is 0 Å². The molecule has 118 valence electrons. The third-order valence-electron chi connectivity index (χ3n) is 3.00. The predicted molar refractivity (Wildman–Crippen MR) is 77.7 cm³/mol. The number of tetrazole rings is 1. The first-order valence-corrected chi connectivity index (χ1v) is 7.48. The number of nitrogens with one attached hydrogen (secondary N) is 1. The fraction of sp³-hybridized carbons (Fsp3) is 0.750. The van der Waals surface area contributed by atoms with Crippen LogP contribution >= 0.6 is 11.8 Å². The Bertz CT molecular complexity index is 503. The highest BCUT2D eigenvalue weighted by Gasteiger charge is 2.24. The van der Waals surface area contributed by atoms with Crippen molar-refractivity contribution in [1.29, 1.82) is 0 Å². The number of hydrogen-bond donors (Lipinski definition) is 1. The van der Waals surface area contributed by atoms with Crippen LogP contribution in [0.5, 0.6) is 0 Å². The minimum atomic E-state index is -0.451. The Morgan fingerprint density at radius 2 is 2.14 bits per heavy atom. The topological polar surface area (TPSA) is 99.0 Å². The smallest absolute Gasteiger partial charge is 0.327 e. The van der Waals surface area contributed by atoms with Crippen LogP contribution in [-0.4, -0.2) is 50.0 Å². The summed E-state index contributed by atoms with van der Waals surface area (Å²) in [6.07, 6.45) is 0.830. The summed E-state index contributed by atoms with van der Waals surface area (Å²) in [4.78, 5) is 23.4. The standard InChI is InChI=1S/C12H21N5O3S/c1-6-12(3,4)13-10(19)8(2)21-11-14-15-16-17(11)7-9(18)20-5/h8H,6-7H2,1-5H3,(H,13,19). The first kappa shape index (κ1) is 17.4. The molecule has 0 spiro atoms. The molecule has 1 aromatic rings. The first-order chi connectivity index (χ1) is 9.79. The van der Waals surface area contributed by atoms with Crippen LogP contribution < -0.4 is 5.32 Å². The van der Waals surface area contributed by atoms with Crippen LogP contribution in [0.25, 0.3) is 0 Å². The van der Waals surface area contributed by atoms with Gasteiger partial charge in [-0.15, -0.1) is 5.10 Å². The summed E-state index contributed by atoms with van der Waals surface area (Å²) in [5.41, 5.74) is -0.260. The number of aromatic nitrogens is 4. The van der Waals surface area contributed by atoms with Crippen LogP contribution in [-0.2, 0) is 20.9 Å². The average Bonchev–Trinajstić information content (AvgIpc) is 2.85. The minimum absolute atomic E-state index is 0.0827. The number of carbonyl (C=O) groups excluding carboxylic acids is 2. The first-order valence-electron chi connectivity index (χ1n) is 6.60. The number of amides is 1. The molecule has 9 heteroatoms. The largest absolute Gasteiger partial charge is 0.468 e. The number of carbonyl (C=O) groups is 2. The molecule has 0 fully saturated rings. The average molecular weight is 315 g/mol. The van der Waals surface area contributed by atoms with Crippen molar-refractivity contribution < 1.29 is 14.3 Å². The summed E-state index contributed by atoms with van der Waals surface area (Å²) >= 11 is 1.20. The summed E-state index contributed by atoms with van der Waals surface area (Å²) in [6, 6.07) is 0. The number of methoxy groups -OCH3 is 1. The Balaban J connectivity index is 2.67. The van der Waals surface area contributed by atoms with Crippen molar-refractivity contribution in [2.24, 2.45) is 0 Å². The molecule has 0 bridgehead atoms. The lowest BCUT2D eigenvalue weighted by Gasteiger charge is -2.26. The van der Waals surface area contributed by atoms with E-state index in [4.69, 9.17) is 0 Å². The lowest BCUT2D eigenvalue weighted by Crippen LogP contribution is -2.46. The van der Waals surface area contributed by atoms with E-state index in [1.54, 1.807) is 6.92 Å². The quantitative estimate of drug-likeness (QED) is 0.582. The molecule has 0 saturated heterocycles. The zero-order chi connectivity index (χ0) is 16.0. The summed E-state index contributed by atoms with van der Waals surface area (Å²) in [6.45, 7) is 7.62. The molecule has 1 N–H and O–H groups in total. The maximum absolute atomic E-state index is 12.1. The van der Waals surface area contributed by atoms with Gasteiger partial charge in [0.05, 0.1) is 12.4 Å². The summed E-state index contributed by atoms with van der Waals surface area (Å²) in [5.74, 6) is -0.548. The molecule has 0 aliphatic carbocycles. The van der Waals surface area contributed by atoms with Crippen molar-refractivity contribution in [1.82, 2.24) is 25.5 Å². The number of ether oxygens (including phenoxy) is 1. The lowest BCUT2D eigenvalue weighted by molar-refractivity contribution is -0.141. The lowest BCUT2D eigenvalue weighted by atomic mass is 10.0. The highest BCUT2D eigenvalue weighted by molar-refractivity contribution is 8.00. The van der Waals surface area contributed by atoms with Gasteiger partial charge >= 0.3 is 5.97 Å². The van der Waals surface area contributed by atoms with Crippen LogP contribution in [0.3, 0.4) is 0 Å². The number of esters is 1. The molecule has 1 unspecified atom stereocenters. The van der Waals surface area contributed by atoms with Crippen molar-refractivity contribution in [2.45, 2.75) is 56.6 Å². The van der Waals surface area contributed by atoms with Gasteiger partial charge in [-0.25, -0.2) is 4.68 Å². The van der Waals surface area contributed by atoms with Gasteiger partial charge in [0.15, 0.2) is 0 Å². The van der Waals surface area contributed by atoms with Crippen LogP contribution in [0.2, 0.25) is 0 Å². The summed E-state index contributed by atoms with van der Waals surface area (Å²) in [7, 11) is 1.29. The SMILES string of the molecule is CCC(C)(C)NC(=O)C(C)Sc1nnnn1CC(=O)OC. The Morgan fingerprint density at radius 1 is 1.48 bits per heavy atom. The van der Waals surface area contributed by atoms with E-state index >= 15 is 0 Å². The van der Waals surface area contributed by atoms with Crippen molar-refractivity contribution in [3.05, 3.63) is 0 Å². The molecule has 1 rings (SSSR count). The molecule has 0 saturated carbocycles. The molecular weight excluding hydrogens is 294 g/mol. The second-order valence-electron chi connectivity index (χ2n) is 5.18. The number of hydrogen-bond acceptors (Lipinski definition) is 7. The van der Waals surface area contributed by atoms with Gasteiger partial charge in [-0.2, -0.15) is 0 Å². The molecule has 1 atom stereocenters. The zero-order valence-corrected chi connectivity index (χ0v) is 13.7. The fourth-order valence-electron chi connectivity index (χ4n) is 1.30. The molecule has 1 aromatic heterocycles. The highest BCUT2D eigenvalue weighted by atomic mass is 32.2. The number of nitrogens with zero attached hydrogens (tertiary/aromatic N) is 4. The summed E-state index contributed by atoms with van der Waals surface area (Å²) in [5, 5.41) is 14.0. The fourth-order valence-corrected chi connectivity index (χ4v) is 2.09. The maximum Gasteiger partial charge on any atom is 0.327 e. The highest BCUT2D eigenvalue weighted by Crippen LogP contribution is 2.21. The number of thioether (sulfide) groups is 1. The molecule has 0 aliphatic rings. The van der Waals surface area contributed by atoms with Gasteiger partial charge in [-0.05, 0) is 37.6 Å². The van der Waals surface area contributed by atoms with E-state index in [9.17, 15) is 9.59 Å². The monoisotopic (exact) mass is 315 g/mol. The van der Waals surface area contributed by atoms with Crippen LogP contribution in [0.1, 0.15) is 34.1 Å². The Morgan fingerprint density at radius 3 is 2.71 bits per heavy atom. The van der Waals surface area contributed by atoms with Crippen LogP contribution in [0.4, 0.5) is 0 Å². The van der Waals surface area contributed by atoms with Crippen molar-refractivity contribution >= 4 is 23.6 Å². The van der Waals surface area contributed by atoms with E-state index in [1.807, 2.05) is 20.8 Å². The van der Waals surface area contributed by atoms with Crippen LogP contribution in [0, 0.1) is 0 Å². The number of rotatable bonds is 7. The Labute approximate surface area is 128 Å². The molecule has 1 amide bonds.